The smallest absolute Gasteiger partial charge is 0.387 e. The number of hydrogen-bond acceptors (Lipinski definition) is 3. The summed E-state index contributed by atoms with van der Waals surface area (Å²) in [5.41, 5.74) is 5.51. The Balaban J connectivity index is 0.00000196. The molecule has 0 unspecified atom stereocenters. The number of benzene rings is 1. The molecule has 6 heteroatoms. The first-order valence-corrected chi connectivity index (χ1v) is 3.91. The number of ether oxygens (including phenoxy) is 1. The van der Waals surface area contributed by atoms with Crippen LogP contribution in [0.2, 0.25) is 0 Å². The van der Waals surface area contributed by atoms with Crippen molar-refractivity contribution in [2.75, 3.05) is 6.54 Å². The maximum absolute atomic E-state index is 11.7. The predicted molar refractivity (Wildman–Crippen MR) is 53.7 cm³/mol. The molecular weight excluding hydrogens is 228 g/mol. The van der Waals surface area contributed by atoms with Crippen molar-refractivity contribution < 1.29 is 18.3 Å². The van der Waals surface area contributed by atoms with Crippen molar-refractivity contribution in [2.24, 2.45) is 5.73 Å². The zero-order valence-electron chi connectivity index (χ0n) is 7.65. The molecule has 84 valence electrons. The standard InChI is InChI=1S/C9H9F2NO2.ClH/c10-9(11)14-7-3-1-6(2-4-7)8(13)5-12;/h1-4,9H,5,12H2;1H. The molecule has 0 radical (unpaired) electrons. The third kappa shape index (κ3) is 4.22. The van der Waals surface area contributed by atoms with E-state index in [1.54, 1.807) is 0 Å². The van der Waals surface area contributed by atoms with Gasteiger partial charge in [0.05, 0.1) is 6.54 Å². The van der Waals surface area contributed by atoms with Crippen molar-refractivity contribution in [3.63, 3.8) is 0 Å². The zero-order valence-corrected chi connectivity index (χ0v) is 8.47. The Kier molecular flexibility index (Phi) is 5.81. The lowest BCUT2D eigenvalue weighted by Gasteiger charge is -2.04. The molecule has 15 heavy (non-hydrogen) atoms. The van der Waals surface area contributed by atoms with Gasteiger partial charge in [-0.3, -0.25) is 4.79 Å². The number of hydrogen-bond donors (Lipinski definition) is 1. The van der Waals surface area contributed by atoms with Crippen molar-refractivity contribution in [3.8, 4) is 5.75 Å². The number of halogens is 3. The molecule has 0 aliphatic heterocycles. The molecule has 2 N–H and O–H groups in total. The Labute approximate surface area is 91.6 Å². The topological polar surface area (TPSA) is 52.3 Å². The van der Waals surface area contributed by atoms with Crippen LogP contribution >= 0.6 is 12.4 Å². The second-order valence-electron chi connectivity index (χ2n) is 2.53. The van der Waals surface area contributed by atoms with Gasteiger partial charge in [0.25, 0.3) is 0 Å². The van der Waals surface area contributed by atoms with E-state index >= 15 is 0 Å². The minimum atomic E-state index is -2.86. The number of carbonyl (C=O) groups is 1. The summed E-state index contributed by atoms with van der Waals surface area (Å²) >= 11 is 0. The molecule has 1 rings (SSSR count). The Bertz CT molecular complexity index is 316. The van der Waals surface area contributed by atoms with Gasteiger partial charge in [-0.1, -0.05) is 0 Å². The number of rotatable bonds is 4. The molecule has 1 aromatic rings. The highest BCUT2D eigenvalue weighted by Crippen LogP contribution is 2.14. The van der Waals surface area contributed by atoms with Gasteiger partial charge in [0.2, 0.25) is 0 Å². The molecule has 0 aliphatic carbocycles. The molecular formula is C9H10ClF2NO2. The molecule has 0 amide bonds. The molecule has 1 aromatic carbocycles. The van der Waals surface area contributed by atoms with Crippen LogP contribution in [0.25, 0.3) is 0 Å². The summed E-state index contributed by atoms with van der Waals surface area (Å²) in [6.45, 7) is -2.96. The van der Waals surface area contributed by atoms with Crippen LogP contribution in [0.15, 0.2) is 24.3 Å². The average Bonchev–Trinajstić information content (AvgIpc) is 2.17. The summed E-state index contributed by atoms with van der Waals surface area (Å²) in [4.78, 5) is 11.0. The molecule has 0 heterocycles. The van der Waals surface area contributed by atoms with Crippen molar-refractivity contribution in [1.29, 1.82) is 0 Å². The van der Waals surface area contributed by atoms with E-state index in [2.05, 4.69) is 4.74 Å². The lowest BCUT2D eigenvalue weighted by molar-refractivity contribution is -0.0498. The molecule has 0 saturated heterocycles. The van der Waals surface area contributed by atoms with Crippen LogP contribution in [0.3, 0.4) is 0 Å². The lowest BCUT2D eigenvalue weighted by atomic mass is 10.1. The Hall–Kier alpha value is -1.20. The maximum Gasteiger partial charge on any atom is 0.387 e. The van der Waals surface area contributed by atoms with Gasteiger partial charge in [-0.2, -0.15) is 8.78 Å². The van der Waals surface area contributed by atoms with E-state index in [1.165, 1.54) is 24.3 Å². The normalized spacial score (nSPS) is 9.60. The molecule has 0 atom stereocenters. The summed E-state index contributed by atoms with van der Waals surface area (Å²) in [5.74, 6) is -0.220. The maximum atomic E-state index is 11.7. The van der Waals surface area contributed by atoms with Crippen LogP contribution < -0.4 is 10.5 Å². The van der Waals surface area contributed by atoms with Crippen molar-refractivity contribution >= 4 is 18.2 Å². The summed E-state index contributed by atoms with van der Waals surface area (Å²) in [6.07, 6.45) is 0. The second-order valence-corrected chi connectivity index (χ2v) is 2.53. The SMILES string of the molecule is Cl.NCC(=O)c1ccc(OC(F)F)cc1. The number of ketones is 1. The highest BCUT2D eigenvalue weighted by molar-refractivity contribution is 5.97. The van der Waals surface area contributed by atoms with Gasteiger partial charge in [-0.25, -0.2) is 0 Å². The van der Waals surface area contributed by atoms with Crippen molar-refractivity contribution in [3.05, 3.63) is 29.8 Å². The largest absolute Gasteiger partial charge is 0.435 e. The van der Waals surface area contributed by atoms with Gasteiger partial charge in [0.15, 0.2) is 5.78 Å². The predicted octanol–water partition coefficient (Wildman–Crippen LogP) is 1.85. The van der Waals surface area contributed by atoms with Crippen LogP contribution in [0.4, 0.5) is 8.78 Å². The molecule has 0 spiro atoms. The first kappa shape index (κ1) is 13.8. The van der Waals surface area contributed by atoms with Crippen LogP contribution in [-0.2, 0) is 0 Å². The first-order valence-electron chi connectivity index (χ1n) is 3.91. The molecule has 0 aromatic heterocycles. The Morgan fingerprint density at radius 2 is 1.87 bits per heavy atom. The van der Waals surface area contributed by atoms with Crippen LogP contribution in [-0.4, -0.2) is 18.9 Å². The van der Waals surface area contributed by atoms with E-state index in [9.17, 15) is 13.6 Å². The fraction of sp³-hybridized carbons (Fsp3) is 0.222. The van der Waals surface area contributed by atoms with Crippen LogP contribution in [0.5, 0.6) is 5.75 Å². The minimum Gasteiger partial charge on any atom is -0.435 e. The zero-order chi connectivity index (χ0) is 10.6. The van der Waals surface area contributed by atoms with E-state index in [4.69, 9.17) is 5.73 Å². The van der Waals surface area contributed by atoms with Crippen LogP contribution in [0, 0.1) is 0 Å². The van der Waals surface area contributed by atoms with Gasteiger partial charge in [0, 0.05) is 5.56 Å². The van der Waals surface area contributed by atoms with Gasteiger partial charge >= 0.3 is 6.61 Å². The Morgan fingerprint density at radius 3 is 2.27 bits per heavy atom. The first-order chi connectivity index (χ1) is 6.63. The van der Waals surface area contributed by atoms with E-state index in [0.29, 0.717) is 5.56 Å². The third-order valence-electron chi connectivity index (χ3n) is 1.59. The van der Waals surface area contributed by atoms with Crippen LogP contribution in [0.1, 0.15) is 10.4 Å². The van der Waals surface area contributed by atoms with Gasteiger partial charge in [-0.15, -0.1) is 12.4 Å². The molecule has 3 nitrogen and oxygen atoms in total. The van der Waals surface area contributed by atoms with E-state index < -0.39 is 6.61 Å². The Morgan fingerprint density at radius 1 is 1.33 bits per heavy atom. The third-order valence-corrected chi connectivity index (χ3v) is 1.59. The minimum absolute atomic E-state index is 0. The second kappa shape index (κ2) is 6.31. The van der Waals surface area contributed by atoms with E-state index in [1.807, 2.05) is 0 Å². The summed E-state index contributed by atoms with van der Waals surface area (Å²) in [6, 6.07) is 5.39. The van der Waals surface area contributed by atoms with Gasteiger partial charge in [0.1, 0.15) is 5.75 Å². The quantitative estimate of drug-likeness (QED) is 0.813. The average molecular weight is 238 g/mol. The summed E-state index contributed by atoms with van der Waals surface area (Å²) in [5, 5.41) is 0. The van der Waals surface area contributed by atoms with Crippen molar-refractivity contribution in [1.82, 2.24) is 0 Å². The molecule has 0 bridgehead atoms. The number of alkyl halides is 2. The number of nitrogens with two attached hydrogens (primary N) is 1. The molecule has 0 aliphatic rings. The molecule has 0 fully saturated rings. The molecule has 0 saturated carbocycles. The summed E-state index contributed by atoms with van der Waals surface area (Å²) < 4.78 is 27.6. The fourth-order valence-electron chi connectivity index (χ4n) is 0.940. The fourth-order valence-corrected chi connectivity index (χ4v) is 0.940. The van der Waals surface area contributed by atoms with Gasteiger partial charge in [-0.05, 0) is 24.3 Å². The monoisotopic (exact) mass is 237 g/mol. The van der Waals surface area contributed by atoms with E-state index in [-0.39, 0.29) is 30.5 Å². The highest BCUT2D eigenvalue weighted by Gasteiger charge is 2.06. The lowest BCUT2D eigenvalue weighted by Crippen LogP contribution is -2.13. The highest BCUT2D eigenvalue weighted by atomic mass is 35.5. The van der Waals surface area contributed by atoms with Gasteiger partial charge < -0.3 is 10.5 Å². The van der Waals surface area contributed by atoms with Crippen molar-refractivity contribution in [2.45, 2.75) is 6.61 Å². The number of carbonyl (C=O) groups excluding carboxylic acids is 1. The summed E-state index contributed by atoms with van der Waals surface area (Å²) in [7, 11) is 0. The number of Topliss-reactive ketones (excluding diaryl/α,β-unsaturated/α-hetero) is 1. The van der Waals surface area contributed by atoms with E-state index in [0.717, 1.165) is 0 Å².